The van der Waals surface area contributed by atoms with Crippen LogP contribution in [0.4, 0.5) is 0 Å². The van der Waals surface area contributed by atoms with E-state index in [4.69, 9.17) is 4.74 Å². The van der Waals surface area contributed by atoms with Crippen molar-refractivity contribution >= 4 is 29.5 Å². The summed E-state index contributed by atoms with van der Waals surface area (Å²) in [5, 5.41) is 14.1. The number of hydrogen-bond donors (Lipinski definition) is 1. The minimum absolute atomic E-state index is 0.186. The number of β-lactam (4-membered cyclic amide) rings is 1. The molecule has 2 saturated heterocycles. The van der Waals surface area contributed by atoms with Crippen LogP contribution in [0.5, 0.6) is 5.75 Å². The zero-order chi connectivity index (χ0) is 21.7. The predicted molar refractivity (Wildman–Crippen MR) is 111 cm³/mol. The lowest BCUT2D eigenvalue weighted by Gasteiger charge is -2.48. The van der Waals surface area contributed by atoms with Crippen LogP contribution in [0.1, 0.15) is 52.0 Å². The highest BCUT2D eigenvalue weighted by atomic mass is 32.2. The summed E-state index contributed by atoms with van der Waals surface area (Å²) in [5.41, 5.74) is 0.148. The molecular weight excluding hydrogens is 404 g/mol. The Bertz CT molecular complexity index is 882. The minimum Gasteiger partial charge on any atom is -0.548 e. The maximum atomic E-state index is 13.4. The molecule has 3 atom stereocenters. The first kappa shape index (κ1) is 21.0. The molecule has 1 saturated carbocycles. The number of carboxylic acid groups (broad SMARTS) is 1. The number of nitrogens with one attached hydrogen (secondary N) is 1. The van der Waals surface area contributed by atoms with Crippen LogP contribution in [-0.2, 0) is 19.8 Å². The number of ether oxygens (including phenoxy) is 1. The molecule has 7 nitrogen and oxygen atoms in total. The summed E-state index contributed by atoms with van der Waals surface area (Å²) in [5.74, 6) is -1.09. The van der Waals surface area contributed by atoms with Gasteiger partial charge in [0.15, 0.2) is 0 Å². The normalized spacial score (nSPS) is 28.2. The molecule has 2 heterocycles. The fraction of sp³-hybridized carbons (Fsp3) is 0.591. The van der Waals surface area contributed by atoms with E-state index in [2.05, 4.69) is 5.32 Å². The fourth-order valence-electron chi connectivity index (χ4n) is 4.75. The molecule has 8 heteroatoms. The van der Waals surface area contributed by atoms with Crippen LogP contribution >= 0.6 is 11.8 Å². The number of benzene rings is 1. The van der Waals surface area contributed by atoms with Crippen molar-refractivity contribution < 1.29 is 24.2 Å². The molecule has 1 aliphatic carbocycles. The summed E-state index contributed by atoms with van der Waals surface area (Å²) >= 11 is 1.40. The van der Waals surface area contributed by atoms with E-state index in [9.17, 15) is 19.5 Å². The molecule has 4 rings (SSSR count). The van der Waals surface area contributed by atoms with Crippen LogP contribution in [0, 0.1) is 0 Å². The number of nitrogens with zero attached hydrogens (tertiary/aromatic N) is 1. The van der Waals surface area contributed by atoms with Crippen LogP contribution in [-0.4, -0.2) is 51.5 Å². The van der Waals surface area contributed by atoms with Crippen molar-refractivity contribution in [2.75, 3.05) is 6.61 Å². The molecule has 3 fully saturated rings. The van der Waals surface area contributed by atoms with Gasteiger partial charge in [-0.1, -0.05) is 31.5 Å². The molecule has 0 aromatic heterocycles. The second-order valence-corrected chi connectivity index (χ2v) is 10.6. The van der Waals surface area contributed by atoms with Gasteiger partial charge in [-0.3, -0.25) is 9.59 Å². The number of amides is 2. The Labute approximate surface area is 180 Å². The molecule has 1 aromatic carbocycles. The lowest BCUT2D eigenvalue weighted by atomic mass is 9.63. The summed E-state index contributed by atoms with van der Waals surface area (Å²) in [6, 6.07) is 5.90. The van der Waals surface area contributed by atoms with Gasteiger partial charge in [-0.05, 0) is 39.2 Å². The van der Waals surface area contributed by atoms with Crippen molar-refractivity contribution in [3.63, 3.8) is 0 Å². The van der Waals surface area contributed by atoms with Gasteiger partial charge in [0, 0.05) is 10.3 Å². The first-order valence-corrected chi connectivity index (χ1v) is 11.3. The van der Waals surface area contributed by atoms with Gasteiger partial charge < -0.3 is 24.9 Å². The highest BCUT2D eigenvalue weighted by Crippen LogP contribution is 2.52. The van der Waals surface area contributed by atoms with Gasteiger partial charge in [0.25, 0.3) is 0 Å². The van der Waals surface area contributed by atoms with Crippen LogP contribution in [0.2, 0.25) is 0 Å². The zero-order valence-electron chi connectivity index (χ0n) is 17.5. The Kier molecular flexibility index (Phi) is 5.24. The molecule has 3 unspecified atom stereocenters. The van der Waals surface area contributed by atoms with Gasteiger partial charge >= 0.3 is 0 Å². The first-order valence-electron chi connectivity index (χ1n) is 10.5. The molecule has 0 radical (unpaired) electrons. The van der Waals surface area contributed by atoms with Gasteiger partial charge in [0.05, 0.1) is 24.0 Å². The third-order valence-corrected chi connectivity index (χ3v) is 8.03. The number of rotatable bonds is 7. The van der Waals surface area contributed by atoms with Crippen LogP contribution in [0.25, 0.3) is 0 Å². The van der Waals surface area contributed by atoms with Gasteiger partial charge in [-0.2, -0.15) is 0 Å². The van der Waals surface area contributed by atoms with Crippen molar-refractivity contribution in [3.05, 3.63) is 29.8 Å². The average Bonchev–Trinajstić information content (AvgIpc) is 2.92. The SMILES string of the molecule is CCCOc1ccccc1C1(C(=O)NC2C(=O)N3C2SC(C)(C)C3C(=O)[O-])CCC1. The standard InChI is InChI=1S/C22H28N2O5S/c1-4-12-29-14-9-6-5-8-13(14)22(10-7-11-22)20(28)23-15-17(25)24-16(19(26)27)21(2,3)30-18(15)24/h5-6,8-9,15-16,18H,4,7,10-12H2,1-3H3,(H,23,28)(H,26,27)/p-1. The first-order chi connectivity index (χ1) is 14.2. The summed E-state index contributed by atoms with van der Waals surface area (Å²) in [7, 11) is 0. The summed E-state index contributed by atoms with van der Waals surface area (Å²) < 4.78 is 5.22. The Balaban J connectivity index is 1.55. The average molecular weight is 432 g/mol. The third kappa shape index (κ3) is 3.07. The second-order valence-electron chi connectivity index (χ2n) is 8.81. The predicted octanol–water partition coefficient (Wildman–Crippen LogP) is 1.19. The van der Waals surface area contributed by atoms with Crippen LogP contribution in [0.3, 0.4) is 0 Å². The van der Waals surface area contributed by atoms with E-state index in [1.807, 2.05) is 31.2 Å². The summed E-state index contributed by atoms with van der Waals surface area (Å²) in [4.78, 5) is 39.1. The van der Waals surface area contributed by atoms with Crippen molar-refractivity contribution in [2.45, 2.75) is 74.1 Å². The van der Waals surface area contributed by atoms with E-state index < -0.39 is 28.2 Å². The lowest BCUT2D eigenvalue weighted by molar-refractivity contribution is -0.312. The van der Waals surface area contributed by atoms with E-state index in [0.717, 1.165) is 18.4 Å². The monoisotopic (exact) mass is 431 g/mol. The molecule has 1 aromatic rings. The highest BCUT2D eigenvalue weighted by Gasteiger charge is 2.63. The number of carboxylic acids is 1. The second kappa shape index (κ2) is 7.48. The Morgan fingerprint density at radius 2 is 2.00 bits per heavy atom. The molecular formula is C22H27N2O5S-. The smallest absolute Gasteiger partial charge is 0.249 e. The van der Waals surface area contributed by atoms with Crippen LogP contribution < -0.4 is 15.2 Å². The summed E-state index contributed by atoms with van der Waals surface area (Å²) in [6.45, 7) is 6.18. The van der Waals surface area contributed by atoms with Gasteiger partial charge in [0.1, 0.15) is 17.2 Å². The minimum atomic E-state index is -1.26. The largest absolute Gasteiger partial charge is 0.548 e. The number of aliphatic carboxylic acids is 1. The number of carbonyl (C=O) groups is 3. The molecule has 162 valence electrons. The number of carbonyl (C=O) groups excluding carboxylic acids is 3. The molecule has 0 bridgehead atoms. The molecule has 2 amide bonds. The summed E-state index contributed by atoms with van der Waals surface area (Å²) in [6.07, 6.45) is 3.19. The molecule has 3 aliphatic rings. The van der Waals surface area contributed by atoms with Crippen LogP contribution in [0.15, 0.2) is 24.3 Å². The molecule has 30 heavy (non-hydrogen) atoms. The Morgan fingerprint density at radius 3 is 2.60 bits per heavy atom. The third-order valence-electron chi connectivity index (χ3n) is 6.46. The van der Waals surface area contributed by atoms with E-state index >= 15 is 0 Å². The molecule has 1 N–H and O–H groups in total. The quantitative estimate of drug-likeness (QED) is 0.652. The van der Waals surface area contributed by atoms with E-state index in [-0.39, 0.29) is 17.2 Å². The Hall–Kier alpha value is -2.22. The van der Waals surface area contributed by atoms with Gasteiger partial charge in [0.2, 0.25) is 11.8 Å². The maximum Gasteiger partial charge on any atom is 0.249 e. The number of hydrogen-bond acceptors (Lipinski definition) is 6. The lowest BCUT2D eigenvalue weighted by Crippen LogP contribution is -2.73. The van der Waals surface area contributed by atoms with Gasteiger partial charge in [-0.15, -0.1) is 11.8 Å². The van der Waals surface area contributed by atoms with Crippen molar-refractivity contribution in [1.29, 1.82) is 0 Å². The van der Waals surface area contributed by atoms with Gasteiger partial charge in [-0.25, -0.2) is 0 Å². The van der Waals surface area contributed by atoms with Crippen molar-refractivity contribution in [2.24, 2.45) is 0 Å². The van der Waals surface area contributed by atoms with E-state index in [1.54, 1.807) is 13.8 Å². The molecule has 2 aliphatic heterocycles. The number of para-hydroxylation sites is 1. The van der Waals surface area contributed by atoms with Crippen molar-refractivity contribution in [1.82, 2.24) is 10.2 Å². The molecule has 0 spiro atoms. The van der Waals surface area contributed by atoms with E-state index in [1.165, 1.54) is 16.7 Å². The number of fused-ring (bicyclic) bond motifs is 1. The van der Waals surface area contributed by atoms with E-state index in [0.29, 0.717) is 25.2 Å². The Morgan fingerprint density at radius 1 is 1.30 bits per heavy atom. The van der Waals surface area contributed by atoms with Crippen molar-refractivity contribution in [3.8, 4) is 5.75 Å². The highest BCUT2D eigenvalue weighted by molar-refractivity contribution is 8.01. The topological polar surface area (TPSA) is 98.8 Å². The fourth-order valence-corrected chi connectivity index (χ4v) is 6.38. The maximum absolute atomic E-state index is 13.4. The zero-order valence-corrected chi connectivity index (χ0v) is 18.3. The number of thioether (sulfide) groups is 1.